The average Bonchev–Trinajstić information content (AvgIpc) is 2.50. The van der Waals surface area contributed by atoms with E-state index in [-0.39, 0.29) is 0 Å². The number of thiophene rings is 1. The van der Waals surface area contributed by atoms with Gasteiger partial charge < -0.3 is 0 Å². The summed E-state index contributed by atoms with van der Waals surface area (Å²) in [6.07, 6.45) is 3.18. The molecule has 0 saturated heterocycles. The van der Waals surface area contributed by atoms with Crippen molar-refractivity contribution in [2.24, 2.45) is 0 Å². The standard InChI is InChI=1S/C10H13BrOS/c1-3-7(4-2)10-9(11)5-8(6-12)13-10/h5-7H,3-4H2,1-2H3. The van der Waals surface area contributed by atoms with Crippen molar-refractivity contribution >= 4 is 33.6 Å². The fourth-order valence-corrected chi connectivity index (χ4v) is 3.50. The SMILES string of the molecule is CCC(CC)c1sc(C=O)cc1Br. The number of hydrogen-bond acceptors (Lipinski definition) is 2. The van der Waals surface area contributed by atoms with Gasteiger partial charge in [-0.2, -0.15) is 0 Å². The third-order valence-electron chi connectivity index (χ3n) is 2.20. The predicted octanol–water partition coefficient (Wildman–Crippen LogP) is 4.23. The molecule has 0 fully saturated rings. The van der Waals surface area contributed by atoms with Gasteiger partial charge in [0.1, 0.15) is 0 Å². The van der Waals surface area contributed by atoms with Crippen LogP contribution in [0.25, 0.3) is 0 Å². The van der Waals surface area contributed by atoms with Crippen molar-refractivity contribution in [1.82, 2.24) is 0 Å². The van der Waals surface area contributed by atoms with E-state index in [1.54, 1.807) is 11.3 Å². The molecule has 0 saturated carbocycles. The van der Waals surface area contributed by atoms with E-state index in [1.807, 2.05) is 6.07 Å². The topological polar surface area (TPSA) is 17.1 Å². The highest BCUT2D eigenvalue weighted by Crippen LogP contribution is 2.36. The zero-order valence-corrected chi connectivity index (χ0v) is 10.2. The highest BCUT2D eigenvalue weighted by atomic mass is 79.9. The van der Waals surface area contributed by atoms with E-state index in [1.165, 1.54) is 4.88 Å². The molecule has 1 nitrogen and oxygen atoms in total. The fourth-order valence-electron chi connectivity index (χ4n) is 1.40. The van der Waals surface area contributed by atoms with E-state index in [2.05, 4.69) is 29.8 Å². The molecule has 0 spiro atoms. The van der Waals surface area contributed by atoms with Gasteiger partial charge in [0, 0.05) is 9.35 Å². The van der Waals surface area contributed by atoms with Gasteiger partial charge >= 0.3 is 0 Å². The first-order valence-corrected chi connectivity index (χ1v) is 6.08. The Hall–Kier alpha value is -0.150. The molecule has 0 atom stereocenters. The van der Waals surface area contributed by atoms with E-state index in [0.29, 0.717) is 5.92 Å². The molecule has 1 rings (SSSR count). The van der Waals surface area contributed by atoms with Gasteiger partial charge in [-0.1, -0.05) is 13.8 Å². The zero-order valence-electron chi connectivity index (χ0n) is 7.84. The normalized spacial score (nSPS) is 10.8. The molecule has 1 aromatic rings. The summed E-state index contributed by atoms with van der Waals surface area (Å²) in [5.41, 5.74) is 0. The largest absolute Gasteiger partial charge is 0.297 e. The fraction of sp³-hybridized carbons (Fsp3) is 0.500. The lowest BCUT2D eigenvalue weighted by Crippen LogP contribution is -1.91. The minimum atomic E-state index is 0.591. The molecule has 72 valence electrons. The maximum atomic E-state index is 10.6. The summed E-state index contributed by atoms with van der Waals surface area (Å²) in [6.45, 7) is 4.36. The Kier molecular flexibility index (Phi) is 4.13. The third kappa shape index (κ3) is 2.41. The molecule has 0 radical (unpaired) electrons. The molecule has 3 heteroatoms. The lowest BCUT2D eigenvalue weighted by Gasteiger charge is -2.09. The van der Waals surface area contributed by atoms with Crippen molar-refractivity contribution in [3.63, 3.8) is 0 Å². The van der Waals surface area contributed by atoms with Crippen LogP contribution in [-0.2, 0) is 0 Å². The van der Waals surface area contributed by atoms with E-state index in [0.717, 1.165) is 28.5 Å². The van der Waals surface area contributed by atoms with Gasteiger partial charge in [0.2, 0.25) is 0 Å². The molecule has 0 unspecified atom stereocenters. The van der Waals surface area contributed by atoms with Gasteiger partial charge in [0.25, 0.3) is 0 Å². The van der Waals surface area contributed by atoms with E-state index in [4.69, 9.17) is 0 Å². The number of aldehydes is 1. The van der Waals surface area contributed by atoms with Gasteiger partial charge in [-0.25, -0.2) is 0 Å². The lowest BCUT2D eigenvalue weighted by molar-refractivity contribution is 0.112. The highest BCUT2D eigenvalue weighted by Gasteiger charge is 2.14. The van der Waals surface area contributed by atoms with Crippen LogP contribution in [-0.4, -0.2) is 6.29 Å². The molecule has 1 aromatic heterocycles. The lowest BCUT2D eigenvalue weighted by atomic mass is 10.0. The van der Waals surface area contributed by atoms with Crippen LogP contribution in [0.5, 0.6) is 0 Å². The van der Waals surface area contributed by atoms with Gasteiger partial charge in [-0.3, -0.25) is 4.79 Å². The van der Waals surface area contributed by atoms with Crippen LogP contribution in [0.15, 0.2) is 10.5 Å². The third-order valence-corrected chi connectivity index (χ3v) is 4.35. The van der Waals surface area contributed by atoms with Crippen molar-refractivity contribution in [3.05, 3.63) is 20.3 Å². The van der Waals surface area contributed by atoms with Crippen molar-refractivity contribution in [2.45, 2.75) is 32.6 Å². The first kappa shape index (κ1) is 10.9. The Morgan fingerprint density at radius 3 is 2.54 bits per heavy atom. The summed E-state index contributed by atoms with van der Waals surface area (Å²) in [6, 6.07) is 1.91. The highest BCUT2D eigenvalue weighted by molar-refractivity contribution is 9.10. The molecular weight excluding hydrogens is 248 g/mol. The van der Waals surface area contributed by atoms with Crippen LogP contribution in [0.1, 0.15) is 47.2 Å². The predicted molar refractivity (Wildman–Crippen MR) is 60.7 cm³/mol. The Morgan fingerprint density at radius 2 is 2.15 bits per heavy atom. The monoisotopic (exact) mass is 260 g/mol. The van der Waals surface area contributed by atoms with Crippen LogP contribution in [0.2, 0.25) is 0 Å². The second kappa shape index (κ2) is 4.91. The Morgan fingerprint density at radius 1 is 1.54 bits per heavy atom. The summed E-state index contributed by atoms with van der Waals surface area (Å²) in [5, 5.41) is 0. The molecule has 0 bridgehead atoms. The Bertz CT molecular complexity index is 289. The molecule has 0 aliphatic carbocycles. The first-order valence-electron chi connectivity index (χ1n) is 4.47. The summed E-state index contributed by atoms with van der Waals surface area (Å²) < 4.78 is 1.09. The number of halogens is 1. The second-order valence-electron chi connectivity index (χ2n) is 2.99. The van der Waals surface area contributed by atoms with Gasteiger partial charge in [0.05, 0.1) is 4.88 Å². The number of rotatable bonds is 4. The zero-order chi connectivity index (χ0) is 9.84. The summed E-state index contributed by atoms with van der Waals surface area (Å²) in [7, 11) is 0. The van der Waals surface area contributed by atoms with Crippen LogP contribution in [0, 0.1) is 0 Å². The van der Waals surface area contributed by atoms with Crippen molar-refractivity contribution < 1.29 is 4.79 Å². The average molecular weight is 261 g/mol. The molecule has 1 heterocycles. The maximum absolute atomic E-state index is 10.6. The van der Waals surface area contributed by atoms with Gasteiger partial charge in [-0.15, -0.1) is 11.3 Å². The molecule has 0 aliphatic rings. The van der Waals surface area contributed by atoms with E-state index >= 15 is 0 Å². The van der Waals surface area contributed by atoms with E-state index < -0.39 is 0 Å². The van der Waals surface area contributed by atoms with Crippen LogP contribution >= 0.6 is 27.3 Å². The summed E-state index contributed by atoms with van der Waals surface area (Å²) >= 11 is 5.09. The smallest absolute Gasteiger partial charge is 0.160 e. The quantitative estimate of drug-likeness (QED) is 0.741. The molecule has 0 aromatic carbocycles. The van der Waals surface area contributed by atoms with Gasteiger partial charge in [-0.05, 0) is 40.8 Å². The maximum Gasteiger partial charge on any atom is 0.160 e. The number of hydrogen-bond donors (Lipinski definition) is 0. The van der Waals surface area contributed by atoms with Crippen molar-refractivity contribution in [3.8, 4) is 0 Å². The molecule has 0 amide bonds. The van der Waals surface area contributed by atoms with Crippen LogP contribution in [0.4, 0.5) is 0 Å². The number of carbonyl (C=O) groups is 1. The minimum absolute atomic E-state index is 0.591. The second-order valence-corrected chi connectivity index (χ2v) is 4.96. The Labute approximate surface area is 91.3 Å². The molecular formula is C10H13BrOS. The molecule has 0 N–H and O–H groups in total. The van der Waals surface area contributed by atoms with E-state index in [9.17, 15) is 4.79 Å². The minimum Gasteiger partial charge on any atom is -0.297 e. The molecule has 0 aliphatic heterocycles. The first-order chi connectivity index (χ1) is 6.22. The van der Waals surface area contributed by atoms with Crippen LogP contribution < -0.4 is 0 Å². The van der Waals surface area contributed by atoms with Crippen LogP contribution in [0.3, 0.4) is 0 Å². The van der Waals surface area contributed by atoms with Crippen molar-refractivity contribution in [2.75, 3.05) is 0 Å². The van der Waals surface area contributed by atoms with Gasteiger partial charge in [0.15, 0.2) is 6.29 Å². The summed E-state index contributed by atoms with van der Waals surface area (Å²) in [5.74, 6) is 0.591. The Balaban J connectivity index is 2.98. The number of carbonyl (C=O) groups excluding carboxylic acids is 1. The van der Waals surface area contributed by atoms with Crippen molar-refractivity contribution in [1.29, 1.82) is 0 Å². The molecule has 13 heavy (non-hydrogen) atoms. The summed E-state index contributed by atoms with van der Waals surface area (Å²) in [4.78, 5) is 12.7.